The Kier molecular flexibility index (Phi) is 8.00. The molecule has 1 rings (SSSR count). The summed E-state index contributed by atoms with van der Waals surface area (Å²) in [4.78, 5) is 23.0. The third-order valence-electron chi connectivity index (χ3n) is 3.72. The van der Waals surface area contributed by atoms with Crippen molar-refractivity contribution in [1.29, 1.82) is 0 Å². The van der Waals surface area contributed by atoms with Crippen molar-refractivity contribution in [1.82, 2.24) is 10.6 Å². The van der Waals surface area contributed by atoms with Gasteiger partial charge in [0, 0.05) is 12.5 Å². The summed E-state index contributed by atoms with van der Waals surface area (Å²) in [7, 11) is 0. The highest BCUT2D eigenvalue weighted by Crippen LogP contribution is 2.19. The number of ether oxygens (including phenoxy) is 1. The minimum atomic E-state index is -1.60. The summed E-state index contributed by atoms with van der Waals surface area (Å²) in [6.45, 7) is 2.96. The summed E-state index contributed by atoms with van der Waals surface area (Å²) in [5, 5.41) is 52.6. The van der Waals surface area contributed by atoms with Gasteiger partial charge in [0.2, 0.25) is 5.91 Å². The second kappa shape index (κ2) is 9.25. The quantitative estimate of drug-likeness (QED) is 0.243. The molecule has 1 unspecified atom stereocenters. The minimum Gasteiger partial charge on any atom is -0.480 e. The number of carboxylic acid groups (broad SMARTS) is 1. The number of hydrogen-bond donors (Lipinski definition) is 7. The van der Waals surface area contributed by atoms with Gasteiger partial charge in [0.1, 0.15) is 30.4 Å². The Labute approximate surface area is 139 Å². The molecule has 1 amide bonds. The molecule has 0 radical (unpaired) electrons. The Balaban J connectivity index is 2.56. The van der Waals surface area contributed by atoms with Gasteiger partial charge in [-0.3, -0.25) is 9.59 Å². The third kappa shape index (κ3) is 5.65. The highest BCUT2D eigenvalue weighted by atomic mass is 16.6. The largest absolute Gasteiger partial charge is 0.480 e. The maximum absolute atomic E-state index is 11.9. The first kappa shape index (κ1) is 20.7. The van der Waals surface area contributed by atoms with E-state index in [-0.39, 0.29) is 18.9 Å². The van der Waals surface area contributed by atoms with E-state index in [0.29, 0.717) is 0 Å². The van der Waals surface area contributed by atoms with E-state index >= 15 is 0 Å². The fourth-order valence-corrected chi connectivity index (χ4v) is 2.47. The van der Waals surface area contributed by atoms with E-state index in [1.54, 1.807) is 13.8 Å². The molecule has 6 atom stereocenters. The van der Waals surface area contributed by atoms with E-state index in [1.165, 1.54) is 0 Å². The molecule has 0 bridgehead atoms. The van der Waals surface area contributed by atoms with E-state index in [2.05, 4.69) is 10.6 Å². The normalized spacial score (nSPS) is 31.7. The van der Waals surface area contributed by atoms with Crippen LogP contribution in [-0.2, 0) is 14.3 Å². The van der Waals surface area contributed by atoms with Gasteiger partial charge in [0.15, 0.2) is 6.29 Å². The minimum absolute atomic E-state index is 0.0148. The van der Waals surface area contributed by atoms with Gasteiger partial charge in [-0.15, -0.1) is 0 Å². The van der Waals surface area contributed by atoms with Crippen LogP contribution < -0.4 is 10.6 Å². The molecule has 10 heteroatoms. The summed E-state index contributed by atoms with van der Waals surface area (Å²) in [6.07, 6.45) is -5.91. The van der Waals surface area contributed by atoms with E-state index in [9.17, 15) is 24.9 Å². The summed E-state index contributed by atoms with van der Waals surface area (Å²) in [6, 6.07) is -2.26. The lowest BCUT2D eigenvalue weighted by atomic mass is 9.97. The first-order chi connectivity index (χ1) is 11.2. The van der Waals surface area contributed by atoms with Gasteiger partial charge < -0.3 is 40.9 Å². The first-order valence-electron chi connectivity index (χ1n) is 7.76. The lowest BCUT2D eigenvalue weighted by molar-refractivity contribution is -0.253. The van der Waals surface area contributed by atoms with Crippen molar-refractivity contribution in [2.24, 2.45) is 0 Å². The highest BCUT2D eigenvalue weighted by molar-refractivity contribution is 5.78. The first-order valence-corrected chi connectivity index (χ1v) is 7.76. The number of hydrogen-bond acceptors (Lipinski definition) is 8. The van der Waals surface area contributed by atoms with Gasteiger partial charge in [-0.1, -0.05) is 13.8 Å². The summed E-state index contributed by atoms with van der Waals surface area (Å²) < 4.78 is 4.92. The predicted octanol–water partition coefficient (Wildman–Crippen LogP) is -2.87. The van der Waals surface area contributed by atoms with Crippen molar-refractivity contribution in [2.45, 2.75) is 69.4 Å². The molecule has 0 saturated carbocycles. The van der Waals surface area contributed by atoms with Crippen LogP contribution in [-0.4, -0.2) is 86.7 Å². The number of amides is 1. The molecule has 7 N–H and O–H groups in total. The Morgan fingerprint density at radius 3 is 2.29 bits per heavy atom. The predicted molar refractivity (Wildman–Crippen MR) is 80.8 cm³/mol. The zero-order valence-corrected chi connectivity index (χ0v) is 13.6. The molecule has 0 aromatic rings. The fourth-order valence-electron chi connectivity index (χ4n) is 2.47. The van der Waals surface area contributed by atoms with Crippen LogP contribution in [0.25, 0.3) is 0 Å². The number of aliphatic hydroxyl groups is 4. The van der Waals surface area contributed by atoms with Crippen LogP contribution in [0.4, 0.5) is 0 Å². The van der Waals surface area contributed by atoms with Crippen molar-refractivity contribution >= 4 is 11.9 Å². The van der Waals surface area contributed by atoms with Crippen LogP contribution in [0.1, 0.15) is 26.7 Å². The van der Waals surface area contributed by atoms with Crippen molar-refractivity contribution < 1.29 is 39.9 Å². The number of carbonyl (C=O) groups excluding carboxylic acids is 1. The van der Waals surface area contributed by atoms with Gasteiger partial charge in [0.25, 0.3) is 0 Å². The van der Waals surface area contributed by atoms with E-state index in [4.69, 9.17) is 14.9 Å². The zero-order valence-electron chi connectivity index (χ0n) is 13.6. The monoisotopic (exact) mass is 350 g/mol. The molecule has 1 heterocycles. The van der Waals surface area contributed by atoms with Crippen molar-refractivity contribution in [3.8, 4) is 0 Å². The van der Waals surface area contributed by atoms with Crippen LogP contribution in [0.5, 0.6) is 0 Å². The molecule has 1 fully saturated rings. The Hall–Kier alpha value is -1.30. The molecule has 0 aromatic heterocycles. The lowest BCUT2D eigenvalue weighted by Crippen LogP contribution is -2.64. The standard InChI is InChI=1S/C14H26N2O8/c1-6(2)15-7(13(21)22)3-4-9(18)16-10-12(20)11(19)8(5-17)24-14(10)23/h6-8,10-12,14-15,17,19-20,23H,3-5H2,1-2H3,(H,16,18)(H,21,22)/t7-,8+,10+,11+,12+,14?/m0/s1. The molecule has 140 valence electrons. The van der Waals surface area contributed by atoms with Gasteiger partial charge in [-0.25, -0.2) is 0 Å². The fraction of sp³-hybridized carbons (Fsp3) is 0.857. The second-order valence-electron chi connectivity index (χ2n) is 6.07. The average Bonchev–Trinajstić information content (AvgIpc) is 2.50. The molecule has 0 aliphatic carbocycles. The summed E-state index contributed by atoms with van der Waals surface area (Å²) >= 11 is 0. The van der Waals surface area contributed by atoms with Crippen LogP contribution in [0, 0.1) is 0 Å². The van der Waals surface area contributed by atoms with Gasteiger partial charge in [-0.05, 0) is 6.42 Å². The number of carbonyl (C=O) groups is 2. The Morgan fingerprint density at radius 2 is 1.79 bits per heavy atom. The van der Waals surface area contributed by atoms with Crippen LogP contribution >= 0.6 is 0 Å². The zero-order chi connectivity index (χ0) is 18.4. The molecule has 1 aliphatic heterocycles. The van der Waals surface area contributed by atoms with Gasteiger partial charge in [0.05, 0.1) is 6.61 Å². The molecule has 10 nitrogen and oxygen atoms in total. The molecule has 1 saturated heterocycles. The lowest BCUT2D eigenvalue weighted by Gasteiger charge is -2.40. The molecule has 1 aliphatic rings. The van der Waals surface area contributed by atoms with E-state index in [0.717, 1.165) is 0 Å². The molecule has 0 spiro atoms. The third-order valence-corrected chi connectivity index (χ3v) is 3.72. The summed E-state index contributed by atoms with van der Waals surface area (Å²) in [5.74, 6) is -1.69. The van der Waals surface area contributed by atoms with Gasteiger partial charge >= 0.3 is 5.97 Å². The van der Waals surface area contributed by atoms with Crippen molar-refractivity contribution in [3.05, 3.63) is 0 Å². The van der Waals surface area contributed by atoms with Crippen LogP contribution in [0.3, 0.4) is 0 Å². The maximum Gasteiger partial charge on any atom is 0.320 e. The van der Waals surface area contributed by atoms with Gasteiger partial charge in [-0.2, -0.15) is 0 Å². The van der Waals surface area contributed by atoms with E-state index in [1.807, 2.05) is 0 Å². The number of aliphatic carboxylic acids is 1. The Bertz CT molecular complexity index is 433. The number of rotatable bonds is 8. The number of aliphatic hydroxyl groups excluding tert-OH is 4. The van der Waals surface area contributed by atoms with Crippen LogP contribution in [0.15, 0.2) is 0 Å². The second-order valence-corrected chi connectivity index (χ2v) is 6.07. The SMILES string of the molecule is CC(C)N[C@@H](CCC(=O)N[C@H]1C(O)O[C@H](CO)[C@@H](O)[C@@H]1O)C(=O)O. The maximum atomic E-state index is 11.9. The van der Waals surface area contributed by atoms with Crippen molar-refractivity contribution in [3.63, 3.8) is 0 Å². The molecule has 0 aromatic carbocycles. The topological polar surface area (TPSA) is 169 Å². The molecular formula is C14H26N2O8. The summed E-state index contributed by atoms with van der Waals surface area (Å²) in [5.41, 5.74) is 0. The number of carboxylic acids is 1. The van der Waals surface area contributed by atoms with Crippen LogP contribution in [0.2, 0.25) is 0 Å². The van der Waals surface area contributed by atoms with E-state index < -0.39 is 55.2 Å². The van der Waals surface area contributed by atoms with Crippen molar-refractivity contribution in [2.75, 3.05) is 6.61 Å². The molecular weight excluding hydrogens is 324 g/mol. The highest BCUT2D eigenvalue weighted by Gasteiger charge is 2.44. The molecule has 24 heavy (non-hydrogen) atoms. The smallest absolute Gasteiger partial charge is 0.320 e. The Morgan fingerprint density at radius 1 is 1.17 bits per heavy atom. The number of nitrogens with one attached hydrogen (secondary N) is 2. The average molecular weight is 350 g/mol.